The van der Waals surface area contributed by atoms with E-state index >= 15 is 0 Å². The fourth-order valence-corrected chi connectivity index (χ4v) is 3.26. The van der Waals surface area contributed by atoms with Crippen molar-refractivity contribution in [3.8, 4) is 0 Å². The maximum Gasteiger partial charge on any atom is 0.417 e. The van der Waals surface area contributed by atoms with Crippen LogP contribution >= 0.6 is 11.3 Å². The molecule has 0 unspecified atom stereocenters. The number of nitrogens with one attached hydrogen (secondary N) is 1. The Kier molecular flexibility index (Phi) is 5.64. The molecule has 28 heavy (non-hydrogen) atoms. The number of pyridine rings is 1. The summed E-state index contributed by atoms with van der Waals surface area (Å²) in [6.45, 7) is 1.84. The van der Waals surface area contributed by atoms with Gasteiger partial charge in [-0.05, 0) is 25.1 Å². The van der Waals surface area contributed by atoms with E-state index in [0.29, 0.717) is 16.4 Å². The molecule has 0 saturated heterocycles. The van der Waals surface area contributed by atoms with E-state index in [2.05, 4.69) is 10.3 Å². The maximum absolute atomic E-state index is 12.8. The number of halogens is 3. The third-order valence-electron chi connectivity index (χ3n) is 3.89. The van der Waals surface area contributed by atoms with Crippen LogP contribution in [0.2, 0.25) is 0 Å². The van der Waals surface area contributed by atoms with E-state index < -0.39 is 17.3 Å². The lowest BCUT2D eigenvalue weighted by molar-refractivity contribution is -0.138. The summed E-state index contributed by atoms with van der Waals surface area (Å²) in [4.78, 5) is 28.2. The third-order valence-corrected chi connectivity index (χ3v) is 4.79. The van der Waals surface area contributed by atoms with Crippen molar-refractivity contribution in [3.05, 3.63) is 80.2 Å². The summed E-state index contributed by atoms with van der Waals surface area (Å²) in [7, 11) is 0. The highest BCUT2D eigenvalue weighted by molar-refractivity contribution is 7.09. The first-order chi connectivity index (χ1) is 13.2. The smallest absolute Gasteiger partial charge is 0.326 e. The number of amides is 1. The summed E-state index contributed by atoms with van der Waals surface area (Å²) in [5.74, 6) is -0.249. The molecule has 146 valence electrons. The minimum absolute atomic E-state index is 0.0377. The summed E-state index contributed by atoms with van der Waals surface area (Å²) < 4.78 is 39.4. The zero-order chi connectivity index (χ0) is 20.3. The summed E-state index contributed by atoms with van der Waals surface area (Å²) in [6, 6.07) is 8.97. The molecule has 0 aliphatic carbocycles. The molecule has 9 heteroatoms. The van der Waals surface area contributed by atoms with Gasteiger partial charge in [-0.3, -0.25) is 9.59 Å². The van der Waals surface area contributed by atoms with Gasteiger partial charge in [0.2, 0.25) is 5.91 Å². The van der Waals surface area contributed by atoms with E-state index in [1.807, 2.05) is 19.1 Å². The molecule has 0 fully saturated rings. The Balaban J connectivity index is 1.66. The number of hydrogen-bond acceptors (Lipinski definition) is 4. The number of hydrogen-bond donors (Lipinski definition) is 1. The molecule has 0 aliphatic rings. The number of thiazole rings is 1. The van der Waals surface area contributed by atoms with Crippen molar-refractivity contribution in [3.63, 3.8) is 0 Å². The van der Waals surface area contributed by atoms with Gasteiger partial charge in [0.25, 0.3) is 5.56 Å². The van der Waals surface area contributed by atoms with Crippen LogP contribution in [-0.4, -0.2) is 15.5 Å². The number of benzene rings is 1. The highest BCUT2D eigenvalue weighted by Gasteiger charge is 2.31. The van der Waals surface area contributed by atoms with Gasteiger partial charge >= 0.3 is 6.18 Å². The maximum atomic E-state index is 12.8. The van der Waals surface area contributed by atoms with Gasteiger partial charge in [-0.1, -0.05) is 17.7 Å². The number of rotatable bonds is 5. The lowest BCUT2D eigenvalue weighted by atomic mass is 10.2. The number of nitrogens with zero attached hydrogens (tertiary/aromatic N) is 2. The van der Waals surface area contributed by atoms with Crippen LogP contribution in [0.1, 0.15) is 21.8 Å². The second-order valence-electron chi connectivity index (χ2n) is 6.21. The van der Waals surface area contributed by atoms with Crippen LogP contribution in [0, 0.1) is 6.92 Å². The van der Waals surface area contributed by atoms with Gasteiger partial charge in [-0.25, -0.2) is 4.98 Å². The van der Waals surface area contributed by atoms with Gasteiger partial charge in [0.05, 0.1) is 24.2 Å². The third kappa shape index (κ3) is 5.07. The number of anilines is 1. The van der Waals surface area contributed by atoms with Crippen LogP contribution in [0.5, 0.6) is 0 Å². The molecule has 0 aliphatic heterocycles. The van der Waals surface area contributed by atoms with Crippen LogP contribution in [-0.2, 0) is 23.9 Å². The van der Waals surface area contributed by atoms with E-state index in [-0.39, 0.29) is 18.9 Å². The average Bonchev–Trinajstić information content (AvgIpc) is 3.04. The first-order valence-electron chi connectivity index (χ1n) is 8.28. The molecule has 0 radical (unpaired) electrons. The molecule has 0 saturated carbocycles. The Morgan fingerprint density at radius 2 is 1.89 bits per heavy atom. The molecule has 2 aromatic heterocycles. The topological polar surface area (TPSA) is 64.0 Å². The van der Waals surface area contributed by atoms with Gasteiger partial charge in [0, 0.05) is 23.3 Å². The van der Waals surface area contributed by atoms with Crippen molar-refractivity contribution >= 4 is 22.9 Å². The predicted octanol–water partition coefficient (Wildman–Crippen LogP) is 3.86. The van der Waals surface area contributed by atoms with Crippen molar-refractivity contribution in [1.82, 2.24) is 9.55 Å². The molecule has 2 heterocycles. The fraction of sp³-hybridized carbons (Fsp3) is 0.211. The average molecular weight is 407 g/mol. The molecule has 1 N–H and O–H groups in total. The predicted molar refractivity (Wildman–Crippen MR) is 100 cm³/mol. The molecular formula is C19H16F3N3O2S. The number of aromatic nitrogens is 2. The van der Waals surface area contributed by atoms with Crippen molar-refractivity contribution in [1.29, 1.82) is 0 Å². The first-order valence-corrected chi connectivity index (χ1v) is 9.16. The van der Waals surface area contributed by atoms with Gasteiger partial charge in [0.15, 0.2) is 0 Å². The van der Waals surface area contributed by atoms with Crippen LogP contribution in [0.15, 0.2) is 52.8 Å². The molecule has 3 aromatic rings. The summed E-state index contributed by atoms with van der Waals surface area (Å²) in [6.07, 6.45) is -3.72. The number of carbonyl (C=O) groups is 1. The van der Waals surface area contributed by atoms with Gasteiger partial charge in [-0.15, -0.1) is 11.3 Å². The first kappa shape index (κ1) is 19.8. The van der Waals surface area contributed by atoms with Crippen LogP contribution in [0.4, 0.5) is 18.9 Å². The Hall–Kier alpha value is -2.94. The van der Waals surface area contributed by atoms with Crippen molar-refractivity contribution in [2.24, 2.45) is 0 Å². The molecule has 1 aromatic carbocycles. The molecule has 1 amide bonds. The molecule has 3 rings (SSSR count). The van der Waals surface area contributed by atoms with Crippen molar-refractivity contribution in [2.75, 3.05) is 5.32 Å². The minimum Gasteiger partial charge on any atom is -0.326 e. The number of aryl methyl sites for hydroxylation is 1. The van der Waals surface area contributed by atoms with E-state index in [1.165, 1.54) is 11.3 Å². The Morgan fingerprint density at radius 3 is 2.57 bits per heavy atom. The largest absolute Gasteiger partial charge is 0.417 e. The fourth-order valence-electron chi connectivity index (χ4n) is 2.48. The molecule has 5 nitrogen and oxygen atoms in total. The summed E-state index contributed by atoms with van der Waals surface area (Å²) >= 11 is 1.22. The lowest BCUT2D eigenvalue weighted by Crippen LogP contribution is -2.22. The van der Waals surface area contributed by atoms with Crippen LogP contribution < -0.4 is 10.9 Å². The molecular weight excluding hydrogens is 391 g/mol. The normalized spacial score (nSPS) is 11.4. The monoisotopic (exact) mass is 407 g/mol. The van der Waals surface area contributed by atoms with Gasteiger partial charge in [0.1, 0.15) is 5.01 Å². The zero-order valence-electron chi connectivity index (χ0n) is 14.8. The van der Waals surface area contributed by atoms with Gasteiger partial charge < -0.3 is 9.88 Å². The highest BCUT2D eigenvalue weighted by atomic mass is 32.1. The summed E-state index contributed by atoms with van der Waals surface area (Å²) in [5, 5.41) is 4.90. The standard InChI is InChI=1S/C19H16F3N3O2S/c1-12-2-5-14(6-3-12)23-16(26)8-17-24-15(11-28-17)10-25-9-13(19(20,21)22)4-7-18(25)27/h2-7,9,11H,8,10H2,1H3,(H,23,26). The second kappa shape index (κ2) is 7.97. The lowest BCUT2D eigenvalue weighted by Gasteiger charge is -2.09. The van der Waals surface area contributed by atoms with Crippen molar-refractivity contribution < 1.29 is 18.0 Å². The molecule has 0 atom stereocenters. The van der Waals surface area contributed by atoms with Crippen LogP contribution in [0.3, 0.4) is 0 Å². The Labute approximate surface area is 162 Å². The van der Waals surface area contributed by atoms with Crippen LogP contribution in [0.25, 0.3) is 0 Å². The zero-order valence-corrected chi connectivity index (χ0v) is 15.6. The van der Waals surface area contributed by atoms with E-state index in [0.717, 1.165) is 28.5 Å². The van der Waals surface area contributed by atoms with E-state index in [1.54, 1.807) is 17.5 Å². The minimum atomic E-state index is -4.53. The van der Waals surface area contributed by atoms with E-state index in [9.17, 15) is 22.8 Å². The Bertz CT molecular complexity index is 1040. The number of carbonyl (C=O) groups excluding carboxylic acids is 1. The number of alkyl halides is 3. The van der Waals surface area contributed by atoms with Crippen molar-refractivity contribution in [2.45, 2.75) is 26.1 Å². The van der Waals surface area contributed by atoms with Gasteiger partial charge in [-0.2, -0.15) is 13.2 Å². The Morgan fingerprint density at radius 1 is 1.18 bits per heavy atom. The SMILES string of the molecule is Cc1ccc(NC(=O)Cc2nc(Cn3cc(C(F)(F)F)ccc3=O)cs2)cc1. The quantitative estimate of drug-likeness (QED) is 0.699. The molecule has 0 spiro atoms. The highest BCUT2D eigenvalue weighted by Crippen LogP contribution is 2.28. The van der Waals surface area contributed by atoms with E-state index in [4.69, 9.17) is 0 Å². The summed E-state index contributed by atoms with van der Waals surface area (Å²) in [5.41, 5.74) is 0.708. The second-order valence-corrected chi connectivity index (χ2v) is 7.15. The molecule has 0 bridgehead atoms.